The van der Waals surface area contributed by atoms with Crippen LogP contribution < -0.4 is 0 Å². The summed E-state index contributed by atoms with van der Waals surface area (Å²) in [6, 6.07) is 25.0. The molecule has 2 nitrogen and oxygen atoms in total. The van der Waals surface area contributed by atoms with Gasteiger partial charge in [-0.25, -0.2) is 0 Å². The Balaban J connectivity index is -0.0000000815. The number of allylic oxidation sites excluding steroid dienone is 3. The van der Waals surface area contributed by atoms with E-state index < -0.39 is 5.91 Å². The van der Waals surface area contributed by atoms with Crippen molar-refractivity contribution in [2.45, 2.75) is 12.8 Å². The van der Waals surface area contributed by atoms with Crippen LogP contribution in [0.4, 0.5) is 0 Å². The number of nitrogens with one attached hydrogen (secondary N) is 1. The van der Waals surface area contributed by atoms with E-state index in [9.17, 15) is 4.79 Å². The van der Waals surface area contributed by atoms with Crippen LogP contribution in [0, 0.1) is 41.8 Å². The first-order valence-electron chi connectivity index (χ1n) is 7.05. The van der Waals surface area contributed by atoms with E-state index in [4.69, 9.17) is 5.73 Å². The molecule has 1 aliphatic carbocycles. The monoisotopic (exact) mass is 398 g/mol. The Morgan fingerprint density at radius 3 is 1.48 bits per heavy atom. The third kappa shape index (κ3) is 26.3. The minimum atomic E-state index is -0.495. The molecule has 0 unspecified atom stereocenters. The fourth-order valence-corrected chi connectivity index (χ4v) is 1.51. The molecular weight excluding hydrogens is 366 g/mol. The average molecular weight is 398 g/mol. The summed E-state index contributed by atoms with van der Waals surface area (Å²) in [6.07, 6.45) is 6.95. The molecule has 0 saturated heterocycles. The maximum atomic E-state index is 10.2. The number of benzene rings is 2. The Morgan fingerprint density at radius 2 is 1.30 bits per heavy atom. The number of hydrogen-bond donors (Lipinski definition) is 0. The summed E-state index contributed by atoms with van der Waals surface area (Å²) < 4.78 is 0. The summed E-state index contributed by atoms with van der Waals surface area (Å²) in [5.74, 6) is -0.495. The minimum absolute atomic E-state index is 0. The third-order valence-electron chi connectivity index (χ3n) is 2.45. The van der Waals surface area contributed by atoms with Crippen LogP contribution in [0.5, 0.6) is 0 Å². The standard InChI is InChI=1S/C7H9NO.2C6H5.4CH3.CH2.Ti/c8-7(9)5-6-3-1-2-4-6;2*1-2-4-6-5-3-1;;;;;;/h1-3H,4-5H2,(H2,8,9);2*1-5H;4*1H3;1H2;/q;6*-1;;/p-1. The summed E-state index contributed by atoms with van der Waals surface area (Å²) in [4.78, 5) is 13.4. The zero-order valence-electron chi connectivity index (χ0n) is 17.0. The quantitative estimate of drug-likeness (QED) is 0.416. The second-order valence-corrected chi connectivity index (χ2v) is 4.21. The molecule has 0 saturated carbocycles. The van der Waals surface area contributed by atoms with Gasteiger partial charge in [-0.1, -0.05) is 23.8 Å². The molecule has 1 aliphatic rings. The summed E-state index contributed by atoms with van der Waals surface area (Å²) in [7, 11) is 0. The van der Waals surface area contributed by atoms with E-state index in [0.29, 0.717) is 6.42 Å². The van der Waals surface area contributed by atoms with Crippen LogP contribution in [0.2, 0.25) is 0 Å². The molecule has 0 fully saturated rings. The van der Waals surface area contributed by atoms with Gasteiger partial charge in [-0.2, -0.15) is 72.8 Å². The molecule has 0 spiro atoms. The van der Waals surface area contributed by atoms with Gasteiger partial charge in [-0.3, -0.25) is 0 Å². The van der Waals surface area contributed by atoms with Gasteiger partial charge in [-0.05, 0) is 6.42 Å². The SMILES string of the molecule is [CH2]=[Ti].[CH3-].[CH3-].[CH3-].[CH3-].[NH-]C(=O)CC1=CC=CC1.[c-]1ccccc1.[c-]1ccccc1. The molecule has 27 heavy (non-hydrogen) atoms. The number of rotatable bonds is 2. The van der Waals surface area contributed by atoms with Crippen molar-refractivity contribution in [1.29, 1.82) is 0 Å². The smallest absolute Gasteiger partial charge is 0.0529 e. The predicted molar refractivity (Wildman–Crippen MR) is 119 cm³/mol. The van der Waals surface area contributed by atoms with Crippen LogP contribution in [-0.4, -0.2) is 10.7 Å². The van der Waals surface area contributed by atoms with Crippen LogP contribution in [-0.2, 0) is 24.8 Å². The molecule has 0 radical (unpaired) electrons. The number of hydrogen-bond acceptors (Lipinski definition) is 1. The van der Waals surface area contributed by atoms with E-state index in [-0.39, 0.29) is 29.7 Å². The first-order chi connectivity index (χ1) is 11.3. The van der Waals surface area contributed by atoms with E-state index >= 15 is 0 Å². The minimum Gasteiger partial charge on any atom is -0.667 e. The molecule has 150 valence electrons. The van der Waals surface area contributed by atoms with Gasteiger partial charge in [0.2, 0.25) is 0 Å². The van der Waals surface area contributed by atoms with Crippen molar-refractivity contribution in [3.05, 3.63) is 132 Å². The van der Waals surface area contributed by atoms with Gasteiger partial charge in [-0.15, -0.1) is 0 Å². The van der Waals surface area contributed by atoms with Gasteiger partial charge < -0.3 is 40.2 Å². The zero-order valence-corrected chi connectivity index (χ0v) is 18.6. The van der Waals surface area contributed by atoms with Gasteiger partial charge in [0, 0.05) is 6.42 Å². The summed E-state index contributed by atoms with van der Waals surface area (Å²) in [5.41, 5.74) is 7.69. The summed E-state index contributed by atoms with van der Waals surface area (Å²) in [5, 5.41) is 0. The topological polar surface area (TPSA) is 40.9 Å². The molecule has 2 aromatic rings. The second kappa shape index (κ2) is 28.8. The molecule has 3 heteroatoms. The predicted octanol–water partition coefficient (Wildman–Crippen LogP) is 6.58. The molecule has 2 aromatic carbocycles. The van der Waals surface area contributed by atoms with Gasteiger partial charge in [0.15, 0.2) is 0 Å². The Hall–Kier alpha value is -2.03. The maximum absolute atomic E-state index is 10.2. The van der Waals surface area contributed by atoms with Crippen molar-refractivity contribution >= 4 is 10.7 Å². The molecule has 1 amide bonds. The Morgan fingerprint density at radius 1 is 0.889 bits per heavy atom. The normalized spacial score (nSPS) is 8.93. The van der Waals surface area contributed by atoms with Crippen LogP contribution in [0.3, 0.4) is 0 Å². The second-order valence-electron chi connectivity index (χ2n) is 4.21. The first-order valence-corrected chi connectivity index (χ1v) is 8.16. The third-order valence-corrected chi connectivity index (χ3v) is 2.45. The van der Waals surface area contributed by atoms with Crippen molar-refractivity contribution in [2.75, 3.05) is 0 Å². The molecule has 3 rings (SSSR count). The Labute approximate surface area is 180 Å². The van der Waals surface area contributed by atoms with E-state index in [2.05, 4.69) is 16.9 Å². The van der Waals surface area contributed by atoms with E-state index in [1.54, 1.807) is 20.0 Å². The number of amides is 1. The molecule has 0 atom stereocenters. The van der Waals surface area contributed by atoms with Crippen molar-refractivity contribution < 1.29 is 24.8 Å². The van der Waals surface area contributed by atoms with Crippen LogP contribution >= 0.6 is 0 Å². The zero-order chi connectivity index (χ0) is 17.2. The fraction of sp³-hybridized carbons (Fsp3) is 0.0833. The summed E-state index contributed by atoms with van der Waals surface area (Å²) in [6.45, 7) is 0. The molecular formula is C24H32NOTi-7. The molecule has 1 N–H and O–H groups in total. The van der Waals surface area contributed by atoms with E-state index in [1.807, 2.05) is 78.9 Å². The van der Waals surface area contributed by atoms with Crippen molar-refractivity contribution in [3.8, 4) is 0 Å². The van der Waals surface area contributed by atoms with E-state index in [0.717, 1.165) is 12.0 Å². The van der Waals surface area contributed by atoms with E-state index in [1.165, 1.54) is 0 Å². The largest absolute Gasteiger partial charge is 0.667 e. The number of carbonyl (C=O) groups excluding carboxylic acids is 1. The van der Waals surface area contributed by atoms with Gasteiger partial charge in [0.1, 0.15) is 0 Å². The van der Waals surface area contributed by atoms with Gasteiger partial charge >= 0.3 is 24.8 Å². The van der Waals surface area contributed by atoms with Crippen LogP contribution in [0.1, 0.15) is 12.8 Å². The van der Waals surface area contributed by atoms with Gasteiger partial charge in [0.05, 0.1) is 5.91 Å². The van der Waals surface area contributed by atoms with Crippen molar-refractivity contribution in [2.24, 2.45) is 0 Å². The molecule has 0 bridgehead atoms. The van der Waals surface area contributed by atoms with Crippen molar-refractivity contribution in [1.82, 2.24) is 0 Å². The van der Waals surface area contributed by atoms with Crippen molar-refractivity contribution in [3.63, 3.8) is 0 Å². The first kappa shape index (κ1) is 36.0. The maximum Gasteiger partial charge on any atom is 0.0529 e. The molecule has 0 aromatic heterocycles. The Bertz CT molecular complexity index is 481. The van der Waals surface area contributed by atoms with Crippen LogP contribution in [0.25, 0.3) is 5.73 Å². The average Bonchev–Trinajstić information content (AvgIpc) is 3.13. The van der Waals surface area contributed by atoms with Gasteiger partial charge in [0.25, 0.3) is 0 Å². The summed E-state index contributed by atoms with van der Waals surface area (Å²) >= 11 is 1.75. The number of carbonyl (C=O) groups is 1. The Kier molecular flexibility index (Phi) is 38.3. The van der Waals surface area contributed by atoms with Crippen LogP contribution in [0.15, 0.2) is 84.5 Å². The molecule has 0 aliphatic heterocycles. The fourth-order valence-electron chi connectivity index (χ4n) is 1.51. The molecule has 0 heterocycles.